The monoisotopic (exact) mass is 364 g/mol. The quantitative estimate of drug-likeness (QED) is 0.689. The molecule has 0 bridgehead atoms. The first kappa shape index (κ1) is 18.2. The van der Waals surface area contributed by atoms with Crippen molar-refractivity contribution >= 4 is 5.91 Å². The van der Waals surface area contributed by atoms with Gasteiger partial charge in [-0.2, -0.15) is 0 Å². The first-order valence-electron chi connectivity index (χ1n) is 9.85. The lowest BCUT2D eigenvalue weighted by Gasteiger charge is -2.19. The van der Waals surface area contributed by atoms with Crippen LogP contribution in [0.15, 0.2) is 54.6 Å². The van der Waals surface area contributed by atoms with Gasteiger partial charge in [0.2, 0.25) is 5.91 Å². The summed E-state index contributed by atoms with van der Waals surface area (Å²) in [5.74, 6) is 0.277. The van der Waals surface area contributed by atoms with E-state index in [4.69, 9.17) is 0 Å². The van der Waals surface area contributed by atoms with E-state index in [0.717, 1.165) is 26.1 Å². The molecule has 0 spiro atoms. The molecule has 2 aliphatic rings. The van der Waals surface area contributed by atoms with E-state index in [1.165, 1.54) is 16.7 Å². The number of benzene rings is 2. The molecule has 1 fully saturated rings. The minimum Gasteiger partial charge on any atom is -0.355 e. The molecule has 5 heteroatoms. The van der Waals surface area contributed by atoms with Gasteiger partial charge in [0.15, 0.2) is 0 Å². The zero-order valence-electron chi connectivity index (χ0n) is 15.8. The number of hydrogen-bond acceptors (Lipinski definition) is 4. The molecule has 2 aliphatic heterocycles. The van der Waals surface area contributed by atoms with E-state index in [0.29, 0.717) is 6.54 Å². The molecule has 4 rings (SSSR count). The smallest absolute Gasteiger partial charge is 0.238 e. The third-order valence-electron chi connectivity index (χ3n) is 5.74. The first-order chi connectivity index (χ1) is 13.2. The number of hydrogen-bond donors (Lipinski definition) is 3. The van der Waals surface area contributed by atoms with Gasteiger partial charge in [-0.25, -0.2) is 10.9 Å². The first-order valence-corrected chi connectivity index (χ1v) is 9.85. The molecule has 1 saturated heterocycles. The van der Waals surface area contributed by atoms with Crippen LogP contribution in [-0.2, 0) is 17.9 Å². The van der Waals surface area contributed by atoms with E-state index in [-0.39, 0.29) is 23.9 Å². The summed E-state index contributed by atoms with van der Waals surface area (Å²) in [5, 5.41) is 3.10. The number of carbonyl (C=O) groups is 1. The second-order valence-electron chi connectivity index (χ2n) is 7.64. The summed E-state index contributed by atoms with van der Waals surface area (Å²) >= 11 is 0. The molecule has 2 aromatic carbocycles. The summed E-state index contributed by atoms with van der Waals surface area (Å²) in [7, 11) is 0. The van der Waals surface area contributed by atoms with Crippen LogP contribution in [0, 0.1) is 5.92 Å². The van der Waals surface area contributed by atoms with Crippen LogP contribution < -0.4 is 16.2 Å². The Hall–Kier alpha value is -2.21. The minimum atomic E-state index is -0.203. The standard InChI is InChI=1S/C22H28N4O/c1-16-20(17-8-3-2-4-9-17)24-25-21(16)22(27)23-12-7-13-26-14-18-10-5-6-11-19(18)15-26/h2-6,8-11,16,20-21,24-25H,7,12-15H2,1H3,(H,23,27). The van der Waals surface area contributed by atoms with Gasteiger partial charge in [-0.3, -0.25) is 9.69 Å². The molecule has 2 heterocycles. The zero-order chi connectivity index (χ0) is 18.6. The molecule has 0 aliphatic carbocycles. The summed E-state index contributed by atoms with van der Waals surface area (Å²) in [6.45, 7) is 5.89. The topological polar surface area (TPSA) is 56.4 Å². The van der Waals surface area contributed by atoms with Crippen molar-refractivity contribution in [3.05, 3.63) is 71.3 Å². The number of nitrogens with one attached hydrogen (secondary N) is 3. The summed E-state index contributed by atoms with van der Waals surface area (Å²) in [4.78, 5) is 15.0. The van der Waals surface area contributed by atoms with Crippen LogP contribution in [0.5, 0.6) is 0 Å². The van der Waals surface area contributed by atoms with Crippen molar-refractivity contribution in [1.82, 2.24) is 21.1 Å². The van der Waals surface area contributed by atoms with Gasteiger partial charge in [0.05, 0.1) is 6.04 Å². The Balaban J connectivity index is 1.20. The van der Waals surface area contributed by atoms with Crippen LogP contribution in [0.3, 0.4) is 0 Å². The van der Waals surface area contributed by atoms with Crippen LogP contribution in [0.4, 0.5) is 0 Å². The Morgan fingerprint density at radius 2 is 1.70 bits per heavy atom. The highest BCUT2D eigenvalue weighted by atomic mass is 16.2. The van der Waals surface area contributed by atoms with Crippen molar-refractivity contribution < 1.29 is 4.79 Å². The lowest BCUT2D eigenvalue weighted by molar-refractivity contribution is -0.123. The average Bonchev–Trinajstić information content (AvgIpc) is 3.29. The van der Waals surface area contributed by atoms with E-state index >= 15 is 0 Å². The molecule has 27 heavy (non-hydrogen) atoms. The molecule has 1 amide bonds. The highest BCUT2D eigenvalue weighted by Crippen LogP contribution is 2.28. The van der Waals surface area contributed by atoms with Gasteiger partial charge < -0.3 is 5.32 Å². The van der Waals surface area contributed by atoms with E-state index in [1.807, 2.05) is 18.2 Å². The second kappa shape index (κ2) is 8.21. The van der Waals surface area contributed by atoms with E-state index in [9.17, 15) is 4.79 Å². The van der Waals surface area contributed by atoms with Gasteiger partial charge in [-0.15, -0.1) is 0 Å². The molecule has 2 aromatic rings. The lowest BCUT2D eigenvalue weighted by atomic mass is 9.91. The lowest BCUT2D eigenvalue weighted by Crippen LogP contribution is -2.45. The zero-order valence-corrected chi connectivity index (χ0v) is 15.8. The highest BCUT2D eigenvalue weighted by Gasteiger charge is 2.37. The molecule has 142 valence electrons. The number of fused-ring (bicyclic) bond motifs is 1. The largest absolute Gasteiger partial charge is 0.355 e. The van der Waals surface area contributed by atoms with Crippen molar-refractivity contribution in [2.45, 2.75) is 38.5 Å². The van der Waals surface area contributed by atoms with Crippen molar-refractivity contribution in [2.24, 2.45) is 5.92 Å². The fourth-order valence-electron chi connectivity index (χ4n) is 4.17. The second-order valence-corrected chi connectivity index (χ2v) is 7.64. The summed E-state index contributed by atoms with van der Waals surface area (Å²) in [5.41, 5.74) is 10.5. The van der Waals surface area contributed by atoms with Gasteiger partial charge in [-0.05, 0) is 23.1 Å². The van der Waals surface area contributed by atoms with Crippen molar-refractivity contribution in [1.29, 1.82) is 0 Å². The maximum Gasteiger partial charge on any atom is 0.238 e. The summed E-state index contributed by atoms with van der Waals surface area (Å²) in [6, 6.07) is 18.9. The Morgan fingerprint density at radius 1 is 1.04 bits per heavy atom. The van der Waals surface area contributed by atoms with E-state index in [2.05, 4.69) is 64.4 Å². The predicted molar refractivity (Wildman–Crippen MR) is 107 cm³/mol. The molecule has 3 atom stereocenters. The molecule has 3 N–H and O–H groups in total. The third kappa shape index (κ3) is 4.05. The SMILES string of the molecule is CC1C(C(=O)NCCCN2Cc3ccccc3C2)NNC1c1ccccc1. The van der Waals surface area contributed by atoms with Crippen molar-refractivity contribution in [2.75, 3.05) is 13.1 Å². The number of carbonyl (C=O) groups excluding carboxylic acids is 1. The van der Waals surface area contributed by atoms with Gasteiger partial charge in [0.25, 0.3) is 0 Å². The van der Waals surface area contributed by atoms with Crippen molar-refractivity contribution in [3.63, 3.8) is 0 Å². The molecule has 0 saturated carbocycles. The Bertz CT molecular complexity index is 754. The highest BCUT2D eigenvalue weighted by molar-refractivity contribution is 5.82. The maximum atomic E-state index is 12.6. The van der Waals surface area contributed by atoms with Crippen LogP contribution >= 0.6 is 0 Å². The maximum absolute atomic E-state index is 12.6. The number of rotatable bonds is 6. The van der Waals surface area contributed by atoms with E-state index < -0.39 is 0 Å². The molecule has 3 unspecified atom stereocenters. The summed E-state index contributed by atoms with van der Waals surface area (Å²) in [6.07, 6.45) is 0.969. The van der Waals surface area contributed by atoms with Gasteiger partial charge >= 0.3 is 0 Å². The fourth-order valence-corrected chi connectivity index (χ4v) is 4.17. The molecular weight excluding hydrogens is 336 g/mol. The van der Waals surface area contributed by atoms with Crippen LogP contribution in [0.25, 0.3) is 0 Å². The predicted octanol–water partition coefficient (Wildman–Crippen LogP) is 2.36. The number of amides is 1. The minimum absolute atomic E-state index is 0.0816. The molecule has 0 aromatic heterocycles. The van der Waals surface area contributed by atoms with Crippen LogP contribution in [0.1, 0.15) is 36.1 Å². The van der Waals surface area contributed by atoms with Crippen molar-refractivity contribution in [3.8, 4) is 0 Å². The summed E-state index contributed by atoms with van der Waals surface area (Å²) < 4.78 is 0. The fraction of sp³-hybridized carbons (Fsp3) is 0.409. The van der Waals surface area contributed by atoms with Gasteiger partial charge in [0, 0.05) is 32.1 Å². The number of nitrogens with zero attached hydrogens (tertiary/aromatic N) is 1. The third-order valence-corrected chi connectivity index (χ3v) is 5.74. The van der Waals surface area contributed by atoms with Crippen LogP contribution in [0.2, 0.25) is 0 Å². The number of hydrazine groups is 1. The molecule has 0 radical (unpaired) electrons. The van der Waals surface area contributed by atoms with Gasteiger partial charge in [-0.1, -0.05) is 61.5 Å². The van der Waals surface area contributed by atoms with Crippen LogP contribution in [-0.4, -0.2) is 29.9 Å². The normalized spacial score (nSPS) is 24.7. The molecular formula is C22H28N4O. The Labute approximate surface area is 161 Å². The Kier molecular flexibility index (Phi) is 5.53. The Morgan fingerprint density at radius 3 is 2.41 bits per heavy atom. The van der Waals surface area contributed by atoms with E-state index in [1.54, 1.807) is 0 Å². The van der Waals surface area contributed by atoms with Gasteiger partial charge in [0.1, 0.15) is 6.04 Å². The molecule has 5 nitrogen and oxygen atoms in total. The average molecular weight is 364 g/mol.